The highest BCUT2D eigenvalue weighted by molar-refractivity contribution is 7.85. The molecule has 0 spiro atoms. The van der Waals surface area contributed by atoms with E-state index >= 15 is 0 Å². The van der Waals surface area contributed by atoms with Gasteiger partial charge in [-0.15, -0.1) is 10.2 Å². The highest BCUT2D eigenvalue weighted by atomic mass is 32.2. The first kappa shape index (κ1) is 14.0. The van der Waals surface area contributed by atoms with E-state index in [4.69, 9.17) is 4.55 Å². The number of rotatable bonds is 3. The summed E-state index contributed by atoms with van der Waals surface area (Å²) in [5, 5.41) is 26.4. The van der Waals surface area contributed by atoms with Crippen LogP contribution in [-0.4, -0.2) is 23.2 Å². The van der Waals surface area contributed by atoms with Gasteiger partial charge in [-0.2, -0.15) is 8.42 Å². The molecule has 0 heterocycles. The molecule has 0 aliphatic rings. The number of phenolic OH excluding ortho intramolecular Hbond substituents is 2. The van der Waals surface area contributed by atoms with Crippen LogP contribution in [0.3, 0.4) is 0 Å². The van der Waals surface area contributed by atoms with Gasteiger partial charge in [0.2, 0.25) is 0 Å². The average Bonchev–Trinajstić information content (AvgIpc) is 2.38. The van der Waals surface area contributed by atoms with E-state index in [1.807, 2.05) is 0 Å². The Morgan fingerprint density at radius 2 is 1.45 bits per heavy atom. The third-order valence-electron chi connectivity index (χ3n) is 2.39. The van der Waals surface area contributed by atoms with Gasteiger partial charge in [-0.05, 0) is 30.3 Å². The Balaban J connectivity index is 2.41. The maximum absolute atomic E-state index is 11.0. The van der Waals surface area contributed by atoms with Crippen LogP contribution < -0.4 is 0 Å². The summed E-state index contributed by atoms with van der Waals surface area (Å²) in [6.07, 6.45) is 0. The van der Waals surface area contributed by atoms with E-state index in [1.54, 1.807) is 12.1 Å². The van der Waals surface area contributed by atoms with Crippen molar-refractivity contribution in [3.8, 4) is 11.5 Å². The predicted octanol–water partition coefficient (Wildman–Crippen LogP) is 2.76. The van der Waals surface area contributed by atoms with Crippen molar-refractivity contribution in [1.29, 1.82) is 0 Å². The summed E-state index contributed by atoms with van der Waals surface area (Å²) in [6, 6.07) is 9.19. The quantitative estimate of drug-likeness (QED) is 0.594. The van der Waals surface area contributed by atoms with Crippen LogP contribution in [0.5, 0.6) is 11.5 Å². The van der Waals surface area contributed by atoms with Crippen LogP contribution >= 0.6 is 0 Å². The number of aromatic hydroxyl groups is 2. The Kier molecular flexibility index (Phi) is 3.68. The number of hydrogen-bond donors (Lipinski definition) is 3. The Bertz CT molecular complexity index is 771. The molecule has 0 atom stereocenters. The van der Waals surface area contributed by atoms with Crippen LogP contribution in [0.25, 0.3) is 0 Å². The summed E-state index contributed by atoms with van der Waals surface area (Å²) in [6.45, 7) is 0. The van der Waals surface area contributed by atoms with E-state index in [-0.39, 0.29) is 22.9 Å². The van der Waals surface area contributed by atoms with Crippen LogP contribution in [0.15, 0.2) is 57.6 Å². The molecule has 0 amide bonds. The van der Waals surface area contributed by atoms with Crippen molar-refractivity contribution in [2.24, 2.45) is 10.2 Å². The molecule has 0 radical (unpaired) electrons. The summed E-state index contributed by atoms with van der Waals surface area (Å²) in [5.41, 5.74) is 0.00698. The molecule has 0 aliphatic heterocycles. The van der Waals surface area contributed by atoms with Gasteiger partial charge in [0.15, 0.2) is 0 Å². The molecule has 104 valence electrons. The highest BCUT2D eigenvalue weighted by Crippen LogP contribution is 2.32. The average molecular weight is 294 g/mol. The van der Waals surface area contributed by atoms with Crippen LogP contribution in [0.1, 0.15) is 0 Å². The lowest BCUT2D eigenvalue weighted by Gasteiger charge is -2.01. The fraction of sp³-hybridized carbons (Fsp3) is 0. The Morgan fingerprint density at radius 1 is 0.850 bits per heavy atom. The number of azo groups is 1. The monoisotopic (exact) mass is 294 g/mol. The van der Waals surface area contributed by atoms with E-state index in [9.17, 15) is 18.6 Å². The van der Waals surface area contributed by atoms with E-state index in [2.05, 4.69) is 10.2 Å². The summed E-state index contributed by atoms with van der Waals surface area (Å²) in [7, 11) is -4.40. The van der Waals surface area contributed by atoms with Crippen molar-refractivity contribution >= 4 is 21.5 Å². The molecule has 2 aromatic rings. The van der Waals surface area contributed by atoms with Gasteiger partial charge in [-0.25, -0.2) is 0 Å². The Hall–Kier alpha value is -2.45. The molecule has 20 heavy (non-hydrogen) atoms. The normalized spacial score (nSPS) is 11.8. The molecule has 7 nitrogen and oxygen atoms in total. The minimum atomic E-state index is -4.40. The van der Waals surface area contributed by atoms with Crippen molar-refractivity contribution in [2.45, 2.75) is 4.90 Å². The first-order chi connectivity index (χ1) is 9.38. The van der Waals surface area contributed by atoms with Gasteiger partial charge >= 0.3 is 0 Å². The molecule has 0 aliphatic carbocycles. The largest absolute Gasteiger partial charge is 0.506 e. The SMILES string of the molecule is O=S(=O)(O)c1ccc(O)c(/N=N/c2ccccc2O)c1. The number of phenols is 2. The van der Waals surface area contributed by atoms with Crippen LogP contribution in [0.2, 0.25) is 0 Å². The van der Waals surface area contributed by atoms with Gasteiger partial charge in [0.05, 0.1) is 4.90 Å². The molecular weight excluding hydrogens is 284 g/mol. The predicted molar refractivity (Wildman–Crippen MR) is 70.2 cm³/mol. The fourth-order valence-corrected chi connectivity index (χ4v) is 1.90. The third-order valence-corrected chi connectivity index (χ3v) is 3.24. The minimum absolute atomic E-state index is 0.110. The molecule has 0 aromatic heterocycles. The first-order valence-electron chi connectivity index (χ1n) is 5.38. The van der Waals surface area contributed by atoms with Gasteiger partial charge in [0.1, 0.15) is 22.9 Å². The Morgan fingerprint density at radius 3 is 2.10 bits per heavy atom. The van der Waals surface area contributed by atoms with Gasteiger partial charge < -0.3 is 10.2 Å². The second-order valence-corrected chi connectivity index (χ2v) is 5.24. The van der Waals surface area contributed by atoms with Gasteiger partial charge in [-0.1, -0.05) is 12.1 Å². The van der Waals surface area contributed by atoms with Crippen LogP contribution in [0, 0.1) is 0 Å². The Labute approximate surface area is 114 Å². The molecule has 0 fully saturated rings. The molecule has 8 heteroatoms. The molecule has 3 N–H and O–H groups in total. The molecule has 0 unspecified atom stereocenters. The number of nitrogens with zero attached hydrogens (tertiary/aromatic N) is 2. The van der Waals surface area contributed by atoms with E-state index in [1.165, 1.54) is 12.1 Å². The molecule has 0 saturated heterocycles. The lowest BCUT2D eigenvalue weighted by Crippen LogP contribution is -1.96. The van der Waals surface area contributed by atoms with E-state index in [0.29, 0.717) is 0 Å². The first-order valence-corrected chi connectivity index (χ1v) is 6.82. The van der Waals surface area contributed by atoms with Crippen molar-refractivity contribution in [3.05, 3.63) is 42.5 Å². The van der Waals surface area contributed by atoms with E-state index < -0.39 is 15.0 Å². The lowest BCUT2D eigenvalue weighted by molar-refractivity contribution is 0.472. The van der Waals surface area contributed by atoms with Crippen molar-refractivity contribution < 1.29 is 23.2 Å². The minimum Gasteiger partial charge on any atom is -0.506 e. The number of para-hydroxylation sites is 1. The molecule has 0 saturated carbocycles. The van der Waals surface area contributed by atoms with E-state index in [0.717, 1.165) is 18.2 Å². The summed E-state index contributed by atoms with van der Waals surface area (Å²) < 4.78 is 30.9. The second-order valence-electron chi connectivity index (χ2n) is 3.81. The molecule has 2 rings (SSSR count). The topological polar surface area (TPSA) is 120 Å². The molecule has 2 aromatic carbocycles. The summed E-state index contributed by atoms with van der Waals surface area (Å²) in [4.78, 5) is -0.415. The lowest BCUT2D eigenvalue weighted by atomic mass is 10.3. The van der Waals surface area contributed by atoms with Crippen molar-refractivity contribution in [1.82, 2.24) is 0 Å². The van der Waals surface area contributed by atoms with Crippen molar-refractivity contribution in [3.63, 3.8) is 0 Å². The zero-order valence-electron chi connectivity index (χ0n) is 10.0. The molecular formula is C12H10N2O5S. The van der Waals surface area contributed by atoms with Gasteiger partial charge in [0, 0.05) is 0 Å². The maximum Gasteiger partial charge on any atom is 0.294 e. The second kappa shape index (κ2) is 5.27. The molecule has 0 bridgehead atoms. The number of hydrogen-bond acceptors (Lipinski definition) is 6. The third kappa shape index (κ3) is 3.11. The van der Waals surface area contributed by atoms with Gasteiger partial charge in [0.25, 0.3) is 10.1 Å². The van der Waals surface area contributed by atoms with Gasteiger partial charge in [-0.3, -0.25) is 4.55 Å². The maximum atomic E-state index is 11.0. The number of benzene rings is 2. The zero-order chi connectivity index (χ0) is 14.8. The highest BCUT2D eigenvalue weighted by Gasteiger charge is 2.12. The fourth-order valence-electron chi connectivity index (χ4n) is 1.40. The van der Waals surface area contributed by atoms with Crippen molar-refractivity contribution in [2.75, 3.05) is 0 Å². The smallest absolute Gasteiger partial charge is 0.294 e. The standard InChI is InChI=1S/C12H10N2O5S/c15-11-4-2-1-3-9(11)13-14-10-7-8(20(17,18)19)5-6-12(10)16/h1-7,15-16H,(H,17,18,19)/b14-13+. The summed E-state index contributed by atoms with van der Waals surface area (Å²) >= 11 is 0. The zero-order valence-corrected chi connectivity index (χ0v) is 10.8. The van der Waals surface area contributed by atoms with Crippen LogP contribution in [-0.2, 0) is 10.1 Å². The van der Waals surface area contributed by atoms with Crippen LogP contribution in [0.4, 0.5) is 11.4 Å². The summed E-state index contributed by atoms with van der Waals surface area (Å²) in [5.74, 6) is -0.418.